The van der Waals surface area contributed by atoms with Gasteiger partial charge in [-0.1, -0.05) is 0 Å². The van der Waals surface area contributed by atoms with E-state index >= 15 is 0 Å². The standard InChI is InChI=1S/CO2.2H2S/c2-1-3;;/h;2*1H2. The number of hydrogen-bond acceptors (Lipinski definition) is 2. The van der Waals surface area contributed by atoms with Gasteiger partial charge in [-0.15, -0.1) is 0 Å². The minimum Gasteiger partial charge on any atom is -0.197 e. The Labute approximate surface area is 43.4 Å². The van der Waals surface area contributed by atoms with Gasteiger partial charge in [-0.25, -0.2) is 0 Å². The van der Waals surface area contributed by atoms with Crippen LogP contribution in [-0.2, 0) is 9.59 Å². The molecule has 0 saturated carbocycles. The van der Waals surface area contributed by atoms with Crippen LogP contribution >= 0.6 is 27.0 Å². The van der Waals surface area contributed by atoms with Crippen LogP contribution in [-0.4, -0.2) is 6.15 Å². The van der Waals surface area contributed by atoms with Crippen LogP contribution < -0.4 is 0 Å². The second kappa shape index (κ2) is 33.2. The third kappa shape index (κ3) is 2760. The Bertz CT molecular complexity index is 28.6. The maximum absolute atomic E-state index is 8.12. The van der Waals surface area contributed by atoms with Crippen molar-refractivity contribution < 1.29 is 9.59 Å². The minimum atomic E-state index is 0. The summed E-state index contributed by atoms with van der Waals surface area (Å²) in [4.78, 5) is 16.2. The smallest absolute Gasteiger partial charge is 0.197 e. The van der Waals surface area contributed by atoms with Crippen molar-refractivity contribution in [3.05, 3.63) is 0 Å². The lowest BCUT2D eigenvalue weighted by molar-refractivity contribution is -0.191. The zero-order valence-electron chi connectivity index (χ0n) is 2.32. The van der Waals surface area contributed by atoms with E-state index < -0.39 is 0 Å². The molecule has 0 rings (SSSR count). The Morgan fingerprint density at radius 1 is 1.00 bits per heavy atom. The topological polar surface area (TPSA) is 34.1 Å². The summed E-state index contributed by atoms with van der Waals surface area (Å²) in [6.07, 6.45) is 0.250. The zero-order chi connectivity index (χ0) is 2.71. The van der Waals surface area contributed by atoms with Crippen LogP contribution in [0.4, 0.5) is 0 Å². The minimum absolute atomic E-state index is 0. The fourth-order valence-electron chi connectivity index (χ4n) is 0. The third-order valence-electron chi connectivity index (χ3n) is 0. The van der Waals surface area contributed by atoms with Gasteiger partial charge in [0.15, 0.2) is 0 Å². The van der Waals surface area contributed by atoms with E-state index in [0.29, 0.717) is 0 Å². The molecule has 0 aliphatic carbocycles. The van der Waals surface area contributed by atoms with E-state index in [2.05, 4.69) is 0 Å². The molecule has 0 unspecified atom stereocenters. The molecule has 0 heterocycles. The lowest BCUT2D eigenvalue weighted by atomic mass is 11.8. The maximum atomic E-state index is 8.12. The summed E-state index contributed by atoms with van der Waals surface area (Å²) in [5.41, 5.74) is 0. The van der Waals surface area contributed by atoms with E-state index in [1.54, 1.807) is 0 Å². The van der Waals surface area contributed by atoms with Gasteiger partial charge in [-0.05, 0) is 0 Å². The van der Waals surface area contributed by atoms with Gasteiger partial charge >= 0.3 is 6.15 Å². The first-order valence-corrected chi connectivity index (χ1v) is 0.408. The molecule has 0 atom stereocenters. The molecule has 0 fully saturated rings. The molecule has 32 valence electrons. The molecule has 0 aliphatic heterocycles. The van der Waals surface area contributed by atoms with Crippen molar-refractivity contribution in [1.29, 1.82) is 0 Å². The summed E-state index contributed by atoms with van der Waals surface area (Å²) in [6.45, 7) is 0. The van der Waals surface area contributed by atoms with Crippen LogP contribution in [0.25, 0.3) is 0 Å². The fraction of sp³-hybridized carbons (Fsp3) is 0. The van der Waals surface area contributed by atoms with E-state index in [9.17, 15) is 0 Å². The molecular weight excluding hydrogens is 108 g/mol. The number of carbonyl (C=O) groups excluding carboxylic acids is 2. The zero-order valence-corrected chi connectivity index (χ0v) is 4.32. The van der Waals surface area contributed by atoms with Crippen LogP contribution in [0.3, 0.4) is 0 Å². The highest BCUT2D eigenvalue weighted by molar-refractivity contribution is 7.59. The maximum Gasteiger partial charge on any atom is 0.373 e. The number of rotatable bonds is 0. The highest BCUT2D eigenvalue weighted by atomic mass is 32.1. The molecule has 0 aromatic heterocycles. The van der Waals surface area contributed by atoms with E-state index in [1.807, 2.05) is 0 Å². The summed E-state index contributed by atoms with van der Waals surface area (Å²) in [5.74, 6) is 0. The third-order valence-corrected chi connectivity index (χ3v) is 0. The van der Waals surface area contributed by atoms with Crippen LogP contribution in [0.15, 0.2) is 0 Å². The molecule has 2 nitrogen and oxygen atoms in total. The molecule has 0 aromatic carbocycles. The quantitative estimate of drug-likeness (QED) is 0.429. The molecule has 0 aliphatic rings. The molecule has 0 radical (unpaired) electrons. The monoisotopic (exact) mass is 112 g/mol. The van der Waals surface area contributed by atoms with E-state index in [1.165, 1.54) is 0 Å². The molecule has 0 saturated heterocycles. The van der Waals surface area contributed by atoms with Crippen LogP contribution in [0.2, 0.25) is 0 Å². The van der Waals surface area contributed by atoms with Gasteiger partial charge in [0.1, 0.15) is 0 Å². The van der Waals surface area contributed by atoms with Gasteiger partial charge in [0.05, 0.1) is 0 Å². The first kappa shape index (κ1) is 19.5. The van der Waals surface area contributed by atoms with Gasteiger partial charge < -0.3 is 0 Å². The summed E-state index contributed by atoms with van der Waals surface area (Å²) in [6, 6.07) is 0. The van der Waals surface area contributed by atoms with Crippen molar-refractivity contribution in [3.63, 3.8) is 0 Å². The Morgan fingerprint density at radius 3 is 1.00 bits per heavy atom. The van der Waals surface area contributed by atoms with Crippen molar-refractivity contribution in [3.8, 4) is 0 Å². The average molecular weight is 112 g/mol. The SMILES string of the molecule is O=C=O.S.S. The molecule has 0 N–H and O–H groups in total. The van der Waals surface area contributed by atoms with Crippen molar-refractivity contribution in [2.24, 2.45) is 0 Å². The summed E-state index contributed by atoms with van der Waals surface area (Å²) in [5, 5.41) is 0. The molecule has 0 bridgehead atoms. The van der Waals surface area contributed by atoms with Crippen LogP contribution in [0, 0.1) is 0 Å². The van der Waals surface area contributed by atoms with E-state index in [4.69, 9.17) is 9.59 Å². The lowest BCUT2D eigenvalue weighted by Gasteiger charge is -0.945. The molecule has 4 heteroatoms. The van der Waals surface area contributed by atoms with E-state index in [0.717, 1.165) is 0 Å². The van der Waals surface area contributed by atoms with Crippen molar-refractivity contribution in [1.82, 2.24) is 0 Å². The normalized spacial score (nSPS) is 1.60. The average Bonchev–Trinajstić information content (AvgIpc) is 0.918. The molecule has 0 spiro atoms. The Morgan fingerprint density at radius 2 is 1.00 bits per heavy atom. The predicted octanol–water partition coefficient (Wildman–Crippen LogP) is -0.358. The van der Waals surface area contributed by atoms with E-state index in [-0.39, 0.29) is 33.1 Å². The van der Waals surface area contributed by atoms with Gasteiger partial charge in [0.2, 0.25) is 0 Å². The summed E-state index contributed by atoms with van der Waals surface area (Å²) >= 11 is 0. The summed E-state index contributed by atoms with van der Waals surface area (Å²) in [7, 11) is 0. The Balaban J connectivity index is -0.0000000200. The second-order valence-electron chi connectivity index (χ2n) is 0.0833. The fourth-order valence-corrected chi connectivity index (χ4v) is 0. The van der Waals surface area contributed by atoms with Crippen molar-refractivity contribution in [2.45, 2.75) is 0 Å². The van der Waals surface area contributed by atoms with Gasteiger partial charge in [0, 0.05) is 0 Å². The first-order valence-electron chi connectivity index (χ1n) is 0.408. The first-order chi connectivity index (χ1) is 1.41. The van der Waals surface area contributed by atoms with Gasteiger partial charge in [-0.3, -0.25) is 0 Å². The number of hydrogen-bond donors (Lipinski definition) is 0. The van der Waals surface area contributed by atoms with Crippen LogP contribution in [0.5, 0.6) is 0 Å². The lowest BCUT2D eigenvalue weighted by Crippen LogP contribution is -1.22. The predicted molar refractivity (Wildman–Crippen MR) is 25.8 cm³/mol. The Kier molecular flexibility index (Phi) is 130. The van der Waals surface area contributed by atoms with Gasteiger partial charge in [-0.2, -0.15) is 36.6 Å². The second-order valence-corrected chi connectivity index (χ2v) is 0.0833. The van der Waals surface area contributed by atoms with Crippen molar-refractivity contribution >= 4 is 33.1 Å². The molecular formula is CH4O2S2. The molecule has 5 heavy (non-hydrogen) atoms. The Hall–Kier alpha value is 0.0800. The molecule has 0 aromatic rings. The highest BCUT2D eigenvalue weighted by Crippen LogP contribution is 0.787. The van der Waals surface area contributed by atoms with Gasteiger partial charge in [0.25, 0.3) is 0 Å². The van der Waals surface area contributed by atoms with Crippen molar-refractivity contribution in [2.75, 3.05) is 0 Å². The molecule has 0 amide bonds. The largest absolute Gasteiger partial charge is 0.373 e. The van der Waals surface area contributed by atoms with Crippen LogP contribution in [0.1, 0.15) is 0 Å². The highest BCUT2D eigenvalue weighted by Gasteiger charge is 1.13. The summed E-state index contributed by atoms with van der Waals surface area (Å²) < 4.78 is 0.